The molecular formula is C17H15ClN2OS3. The predicted octanol–water partition coefficient (Wildman–Crippen LogP) is 5.27. The average molecular weight is 395 g/mol. The Morgan fingerprint density at radius 3 is 2.75 bits per heavy atom. The van der Waals surface area contributed by atoms with Gasteiger partial charge in [-0.25, -0.2) is 0 Å². The molecule has 2 aromatic rings. The molecule has 0 unspecified atom stereocenters. The van der Waals surface area contributed by atoms with Crippen LogP contribution in [0.2, 0.25) is 5.02 Å². The van der Waals surface area contributed by atoms with Crippen LogP contribution >= 0.6 is 46.9 Å². The lowest BCUT2D eigenvalue weighted by Gasteiger charge is -2.10. The maximum absolute atomic E-state index is 12.2. The first-order valence-electron chi connectivity index (χ1n) is 7.33. The summed E-state index contributed by atoms with van der Waals surface area (Å²) in [5.41, 5.74) is 0.823. The molecule has 1 aliphatic heterocycles. The van der Waals surface area contributed by atoms with Crippen molar-refractivity contribution in [1.82, 2.24) is 0 Å². The fourth-order valence-electron chi connectivity index (χ4n) is 2.00. The second kappa shape index (κ2) is 8.85. The molecule has 3 rings (SSSR count). The van der Waals surface area contributed by atoms with E-state index in [4.69, 9.17) is 11.6 Å². The van der Waals surface area contributed by atoms with Gasteiger partial charge < -0.3 is 5.32 Å². The molecule has 0 aromatic heterocycles. The maximum Gasteiger partial charge on any atom is 0.234 e. The smallest absolute Gasteiger partial charge is 0.234 e. The van der Waals surface area contributed by atoms with Crippen LogP contribution in [0.4, 0.5) is 5.69 Å². The van der Waals surface area contributed by atoms with Gasteiger partial charge in [-0.3, -0.25) is 9.79 Å². The summed E-state index contributed by atoms with van der Waals surface area (Å²) in [6, 6.07) is 15.5. The van der Waals surface area contributed by atoms with Gasteiger partial charge in [-0.1, -0.05) is 59.0 Å². The molecule has 0 spiro atoms. The molecule has 0 atom stereocenters. The molecule has 7 heteroatoms. The Morgan fingerprint density at radius 1 is 1.21 bits per heavy atom. The van der Waals surface area contributed by atoms with Crippen molar-refractivity contribution in [2.24, 2.45) is 4.99 Å². The number of rotatable bonds is 5. The van der Waals surface area contributed by atoms with Gasteiger partial charge >= 0.3 is 0 Å². The Bertz CT molecular complexity index is 750. The third-order valence-corrected chi connectivity index (χ3v) is 6.68. The van der Waals surface area contributed by atoms with E-state index >= 15 is 0 Å². The van der Waals surface area contributed by atoms with Crippen LogP contribution in [0.5, 0.6) is 0 Å². The Morgan fingerprint density at radius 2 is 2.00 bits per heavy atom. The maximum atomic E-state index is 12.2. The van der Waals surface area contributed by atoms with Gasteiger partial charge in [0.1, 0.15) is 4.38 Å². The minimum absolute atomic E-state index is 0.0145. The summed E-state index contributed by atoms with van der Waals surface area (Å²) in [7, 11) is 0. The normalized spacial score (nSPS) is 13.6. The second-order valence-corrected chi connectivity index (χ2v) is 8.74. The van der Waals surface area contributed by atoms with Gasteiger partial charge in [0.15, 0.2) is 0 Å². The minimum atomic E-state index is -0.0145. The van der Waals surface area contributed by atoms with Crippen molar-refractivity contribution in [1.29, 1.82) is 0 Å². The molecule has 0 fully saturated rings. The molecule has 24 heavy (non-hydrogen) atoms. The van der Waals surface area contributed by atoms with Crippen molar-refractivity contribution < 1.29 is 4.79 Å². The summed E-state index contributed by atoms with van der Waals surface area (Å²) in [4.78, 5) is 18.6. The zero-order chi connectivity index (χ0) is 16.8. The number of carbonyl (C=O) groups excluding carboxylic acids is 1. The highest BCUT2D eigenvalue weighted by molar-refractivity contribution is 8.39. The van der Waals surface area contributed by atoms with Crippen LogP contribution in [0.3, 0.4) is 0 Å². The number of nitrogens with one attached hydrogen (secondary N) is 1. The van der Waals surface area contributed by atoms with Crippen LogP contribution < -0.4 is 5.32 Å². The first kappa shape index (κ1) is 17.7. The molecular weight excluding hydrogens is 380 g/mol. The number of thioether (sulfide) groups is 2. The van der Waals surface area contributed by atoms with E-state index in [0.717, 1.165) is 32.2 Å². The number of benzene rings is 2. The number of hydrogen-bond donors (Lipinski definition) is 1. The molecule has 1 aliphatic rings. The lowest BCUT2D eigenvalue weighted by Crippen LogP contribution is -2.15. The average Bonchev–Trinajstić information content (AvgIpc) is 3.10. The zero-order valence-corrected chi connectivity index (χ0v) is 15.9. The van der Waals surface area contributed by atoms with Crippen molar-refractivity contribution in [2.45, 2.75) is 9.79 Å². The standard InChI is InChI=1S/C17H15ClN2OS3/c18-12-5-7-13(8-6-12)24-15-4-2-1-3-14(15)20-16(21)11-23-17-19-9-10-22-17/h1-8H,9-11H2,(H,20,21). The van der Waals surface area contributed by atoms with Crippen molar-refractivity contribution in [3.05, 3.63) is 53.6 Å². The van der Waals surface area contributed by atoms with Crippen LogP contribution in [-0.4, -0.2) is 28.3 Å². The van der Waals surface area contributed by atoms with Crippen LogP contribution in [0, 0.1) is 0 Å². The van der Waals surface area contributed by atoms with Crippen molar-refractivity contribution in [2.75, 3.05) is 23.4 Å². The Kier molecular flexibility index (Phi) is 6.54. The SMILES string of the molecule is O=C(CSC1=NCCS1)Nc1ccccc1Sc1ccc(Cl)cc1. The van der Waals surface area contributed by atoms with Crippen LogP contribution in [0.1, 0.15) is 0 Å². The molecule has 0 saturated carbocycles. The van der Waals surface area contributed by atoms with E-state index < -0.39 is 0 Å². The second-order valence-electron chi connectivity index (χ2n) is 4.89. The summed E-state index contributed by atoms with van der Waals surface area (Å²) in [5, 5.41) is 3.71. The van der Waals surface area contributed by atoms with Crippen molar-refractivity contribution in [3.8, 4) is 0 Å². The largest absolute Gasteiger partial charge is 0.324 e. The minimum Gasteiger partial charge on any atom is -0.324 e. The van der Waals surface area contributed by atoms with E-state index in [1.54, 1.807) is 23.5 Å². The first-order valence-corrected chi connectivity index (χ1v) is 10.5. The number of hydrogen-bond acceptors (Lipinski definition) is 5. The monoisotopic (exact) mass is 394 g/mol. The van der Waals surface area contributed by atoms with E-state index in [0.29, 0.717) is 10.8 Å². The van der Waals surface area contributed by atoms with Gasteiger partial charge in [-0.05, 0) is 36.4 Å². The molecule has 0 saturated heterocycles. The summed E-state index contributed by atoms with van der Waals surface area (Å²) in [6.07, 6.45) is 0. The number of carbonyl (C=O) groups is 1. The summed E-state index contributed by atoms with van der Waals surface area (Å²) in [5.74, 6) is 1.38. The molecule has 0 aliphatic carbocycles. The molecule has 1 heterocycles. The van der Waals surface area contributed by atoms with E-state index in [-0.39, 0.29) is 5.91 Å². The van der Waals surface area contributed by atoms with Gasteiger partial charge in [-0.15, -0.1) is 0 Å². The van der Waals surface area contributed by atoms with Crippen LogP contribution in [0.15, 0.2) is 63.3 Å². The highest BCUT2D eigenvalue weighted by atomic mass is 35.5. The lowest BCUT2D eigenvalue weighted by atomic mass is 10.3. The van der Waals surface area contributed by atoms with E-state index in [9.17, 15) is 4.79 Å². The quantitative estimate of drug-likeness (QED) is 0.750. The van der Waals surface area contributed by atoms with Gasteiger partial charge in [0.25, 0.3) is 0 Å². The number of amides is 1. The van der Waals surface area contributed by atoms with Gasteiger partial charge in [0.05, 0.1) is 18.0 Å². The highest BCUT2D eigenvalue weighted by Gasteiger charge is 2.12. The first-order chi connectivity index (χ1) is 11.7. The summed E-state index contributed by atoms with van der Waals surface area (Å²) < 4.78 is 1.01. The molecule has 3 nitrogen and oxygen atoms in total. The van der Waals surface area contributed by atoms with Crippen molar-refractivity contribution in [3.63, 3.8) is 0 Å². The predicted molar refractivity (Wildman–Crippen MR) is 108 cm³/mol. The van der Waals surface area contributed by atoms with Crippen molar-refractivity contribution >= 4 is 62.9 Å². The lowest BCUT2D eigenvalue weighted by molar-refractivity contribution is -0.113. The Labute approximate surface area is 159 Å². The van der Waals surface area contributed by atoms with Crippen LogP contribution in [-0.2, 0) is 4.79 Å². The molecule has 124 valence electrons. The van der Waals surface area contributed by atoms with E-state index in [1.165, 1.54) is 11.8 Å². The van der Waals surface area contributed by atoms with Gasteiger partial charge in [0.2, 0.25) is 5.91 Å². The number of para-hydroxylation sites is 1. The third kappa shape index (κ3) is 5.21. The number of anilines is 1. The fourth-order valence-corrected chi connectivity index (χ4v) is 4.84. The van der Waals surface area contributed by atoms with Gasteiger partial charge in [0, 0.05) is 20.6 Å². The molecule has 1 N–H and O–H groups in total. The van der Waals surface area contributed by atoms with Gasteiger partial charge in [-0.2, -0.15) is 0 Å². The highest BCUT2D eigenvalue weighted by Crippen LogP contribution is 2.34. The summed E-state index contributed by atoms with van der Waals surface area (Å²) in [6.45, 7) is 0.856. The third-order valence-electron chi connectivity index (χ3n) is 3.09. The van der Waals surface area contributed by atoms with Crippen LogP contribution in [0.25, 0.3) is 0 Å². The molecule has 0 bridgehead atoms. The Balaban J connectivity index is 1.62. The number of halogens is 1. The molecule has 2 aromatic carbocycles. The molecule has 0 radical (unpaired) electrons. The van der Waals surface area contributed by atoms with E-state index in [1.807, 2.05) is 48.5 Å². The topological polar surface area (TPSA) is 41.5 Å². The number of nitrogens with zero attached hydrogens (tertiary/aromatic N) is 1. The molecule has 1 amide bonds. The Hall–Kier alpha value is -1.08. The number of aliphatic imine (C=N–C) groups is 1. The fraction of sp³-hybridized carbons (Fsp3) is 0.176. The summed E-state index contributed by atoms with van der Waals surface area (Å²) >= 11 is 10.7. The zero-order valence-electron chi connectivity index (χ0n) is 12.7. The van der Waals surface area contributed by atoms with E-state index in [2.05, 4.69) is 10.3 Å².